The van der Waals surface area contributed by atoms with Gasteiger partial charge in [0.2, 0.25) is 0 Å². The van der Waals surface area contributed by atoms with Gasteiger partial charge in [-0.25, -0.2) is 4.79 Å². The maximum absolute atomic E-state index is 12.1. The molecule has 0 heterocycles. The zero-order chi connectivity index (χ0) is 14.0. The van der Waals surface area contributed by atoms with Gasteiger partial charge in [-0.1, -0.05) is 18.2 Å². The van der Waals surface area contributed by atoms with Crippen molar-refractivity contribution in [3.05, 3.63) is 38.0 Å². The number of aliphatic hydroxyl groups is 1. The minimum atomic E-state index is -1.44. The normalized spacial score (nSPS) is 15.2. The molecule has 0 aromatic rings. The van der Waals surface area contributed by atoms with E-state index in [9.17, 15) is 9.90 Å². The van der Waals surface area contributed by atoms with Gasteiger partial charge in [0.25, 0.3) is 0 Å². The van der Waals surface area contributed by atoms with E-state index < -0.39 is 17.7 Å². The van der Waals surface area contributed by atoms with Crippen LogP contribution in [0.3, 0.4) is 0 Å². The van der Waals surface area contributed by atoms with Gasteiger partial charge in [-0.15, -0.1) is 19.7 Å². The number of rotatable bonds is 10. The third kappa shape index (κ3) is 4.13. The lowest BCUT2D eigenvalue weighted by atomic mass is 9.90. The topological polar surface area (TPSA) is 55.8 Å². The maximum atomic E-state index is 12.1. The first kappa shape index (κ1) is 16.6. The van der Waals surface area contributed by atoms with Crippen LogP contribution in [0.5, 0.6) is 0 Å². The molecule has 0 aliphatic rings. The van der Waals surface area contributed by atoms with Crippen molar-refractivity contribution in [3.63, 3.8) is 0 Å². The molecule has 1 N–H and O–H groups in total. The molecule has 18 heavy (non-hydrogen) atoms. The van der Waals surface area contributed by atoms with E-state index in [1.165, 1.54) is 18.2 Å². The molecule has 0 aromatic heterocycles. The Morgan fingerprint density at radius 3 is 2.44 bits per heavy atom. The van der Waals surface area contributed by atoms with Crippen molar-refractivity contribution < 1.29 is 19.4 Å². The quantitative estimate of drug-likeness (QED) is 0.478. The number of aliphatic hydroxyl groups excluding tert-OH is 1. The fourth-order valence-electron chi connectivity index (χ4n) is 1.59. The van der Waals surface area contributed by atoms with Gasteiger partial charge < -0.3 is 14.6 Å². The first-order valence-electron chi connectivity index (χ1n) is 5.90. The Labute approximate surface area is 109 Å². The van der Waals surface area contributed by atoms with Crippen molar-refractivity contribution in [2.75, 3.05) is 13.2 Å². The first-order chi connectivity index (χ1) is 8.58. The summed E-state index contributed by atoms with van der Waals surface area (Å²) < 4.78 is 10.5. The molecule has 0 saturated carbocycles. The van der Waals surface area contributed by atoms with Crippen molar-refractivity contribution in [3.8, 4) is 0 Å². The van der Waals surface area contributed by atoms with Crippen molar-refractivity contribution in [2.24, 2.45) is 0 Å². The third-order valence-corrected chi connectivity index (χ3v) is 2.46. The van der Waals surface area contributed by atoms with Crippen molar-refractivity contribution in [2.45, 2.75) is 31.5 Å². The zero-order valence-corrected chi connectivity index (χ0v) is 10.9. The number of hydrogen-bond acceptors (Lipinski definition) is 4. The number of carbonyl (C=O) groups is 1. The van der Waals surface area contributed by atoms with Gasteiger partial charge in [-0.3, -0.25) is 0 Å². The van der Waals surface area contributed by atoms with E-state index >= 15 is 0 Å². The van der Waals surface area contributed by atoms with Crippen LogP contribution in [0.15, 0.2) is 38.0 Å². The summed E-state index contributed by atoms with van der Waals surface area (Å²) in [5.41, 5.74) is -1.44. The lowest BCUT2D eigenvalue weighted by molar-refractivity contribution is -0.186. The highest BCUT2D eigenvalue weighted by Gasteiger charge is 2.46. The molecule has 0 aliphatic heterocycles. The molecule has 2 unspecified atom stereocenters. The lowest BCUT2D eigenvalue weighted by Gasteiger charge is -2.34. The van der Waals surface area contributed by atoms with E-state index in [2.05, 4.69) is 19.7 Å². The van der Waals surface area contributed by atoms with Crippen LogP contribution < -0.4 is 0 Å². The summed E-state index contributed by atoms with van der Waals surface area (Å²) in [6.07, 6.45) is 3.91. The average molecular weight is 254 g/mol. The van der Waals surface area contributed by atoms with Gasteiger partial charge in [0.15, 0.2) is 5.60 Å². The Morgan fingerprint density at radius 2 is 2.00 bits per heavy atom. The highest BCUT2D eigenvalue weighted by atomic mass is 16.6. The molecule has 0 rings (SSSR count). The molecular weight excluding hydrogens is 232 g/mol. The van der Waals surface area contributed by atoms with Gasteiger partial charge in [-0.05, 0) is 13.3 Å². The van der Waals surface area contributed by atoms with E-state index in [1.54, 1.807) is 6.92 Å². The summed E-state index contributed by atoms with van der Waals surface area (Å²) in [7, 11) is 0. The molecule has 0 fully saturated rings. The Morgan fingerprint density at radius 1 is 1.33 bits per heavy atom. The second-order valence-corrected chi connectivity index (χ2v) is 3.74. The minimum Gasteiger partial charge on any atom is -0.464 e. The van der Waals surface area contributed by atoms with E-state index in [1.807, 2.05) is 0 Å². The Bertz CT molecular complexity index is 298. The van der Waals surface area contributed by atoms with Crippen LogP contribution in [-0.4, -0.2) is 36.0 Å². The monoisotopic (exact) mass is 254 g/mol. The van der Waals surface area contributed by atoms with Gasteiger partial charge in [0.1, 0.15) is 0 Å². The fourth-order valence-corrected chi connectivity index (χ4v) is 1.59. The molecule has 0 saturated heterocycles. The van der Waals surface area contributed by atoms with Crippen molar-refractivity contribution in [1.82, 2.24) is 0 Å². The lowest BCUT2D eigenvalue weighted by Crippen LogP contribution is -2.52. The fraction of sp³-hybridized carbons (Fsp3) is 0.500. The average Bonchev–Trinajstić information content (AvgIpc) is 2.35. The number of carbonyl (C=O) groups excluding carboxylic acids is 1. The van der Waals surface area contributed by atoms with Gasteiger partial charge in [0.05, 0.1) is 19.3 Å². The number of esters is 1. The summed E-state index contributed by atoms with van der Waals surface area (Å²) in [5, 5.41) is 10.1. The predicted molar refractivity (Wildman–Crippen MR) is 71.1 cm³/mol. The molecule has 0 spiro atoms. The molecule has 0 amide bonds. The van der Waals surface area contributed by atoms with Crippen LogP contribution in [0, 0.1) is 0 Å². The smallest absolute Gasteiger partial charge is 0.341 e. The van der Waals surface area contributed by atoms with Crippen LogP contribution in [0.25, 0.3) is 0 Å². The highest BCUT2D eigenvalue weighted by Crippen LogP contribution is 2.26. The Hall–Kier alpha value is -1.39. The molecule has 4 nitrogen and oxygen atoms in total. The molecule has 0 aromatic carbocycles. The maximum Gasteiger partial charge on any atom is 0.341 e. The van der Waals surface area contributed by atoms with E-state index in [-0.39, 0.29) is 26.1 Å². The molecule has 102 valence electrons. The first-order valence-corrected chi connectivity index (χ1v) is 5.90. The van der Waals surface area contributed by atoms with Crippen LogP contribution in [0.2, 0.25) is 0 Å². The standard InChI is InChI=1S/C14H22O4/c1-5-9-12(15)14(10-6-2,18-11-7-3)13(16)17-8-4/h5-7,12,15H,1-3,8-11H2,4H3. The molecular formula is C14H22O4. The molecule has 2 atom stereocenters. The third-order valence-electron chi connectivity index (χ3n) is 2.46. The van der Waals surface area contributed by atoms with Crippen molar-refractivity contribution >= 4 is 5.97 Å². The second kappa shape index (κ2) is 8.66. The summed E-state index contributed by atoms with van der Waals surface area (Å²) in [6, 6.07) is 0. The molecule has 4 heteroatoms. The molecule has 0 radical (unpaired) electrons. The number of ether oxygens (including phenoxy) is 2. The Balaban J connectivity index is 5.22. The summed E-state index contributed by atoms with van der Waals surface area (Å²) in [4.78, 5) is 12.1. The summed E-state index contributed by atoms with van der Waals surface area (Å²) in [6.45, 7) is 12.7. The zero-order valence-electron chi connectivity index (χ0n) is 10.9. The van der Waals surface area contributed by atoms with E-state index in [4.69, 9.17) is 9.47 Å². The van der Waals surface area contributed by atoms with Crippen LogP contribution in [0.1, 0.15) is 19.8 Å². The molecule has 0 bridgehead atoms. The van der Waals surface area contributed by atoms with E-state index in [0.29, 0.717) is 0 Å². The van der Waals surface area contributed by atoms with Gasteiger partial charge >= 0.3 is 5.97 Å². The largest absolute Gasteiger partial charge is 0.464 e. The minimum absolute atomic E-state index is 0.140. The van der Waals surface area contributed by atoms with Gasteiger partial charge in [-0.2, -0.15) is 0 Å². The molecule has 0 aliphatic carbocycles. The van der Waals surface area contributed by atoms with Gasteiger partial charge in [0, 0.05) is 6.42 Å². The summed E-state index contributed by atoms with van der Waals surface area (Å²) in [5.74, 6) is -0.596. The van der Waals surface area contributed by atoms with Crippen LogP contribution in [-0.2, 0) is 14.3 Å². The predicted octanol–water partition coefficient (Wildman–Crippen LogP) is 2.00. The van der Waals surface area contributed by atoms with E-state index in [0.717, 1.165) is 0 Å². The number of hydrogen-bond donors (Lipinski definition) is 1. The highest BCUT2D eigenvalue weighted by molar-refractivity contribution is 5.80. The SMILES string of the molecule is C=CCOC(CC=C)(C(=O)OCC)C(O)CC=C. The Kier molecular flexibility index (Phi) is 8.00. The summed E-state index contributed by atoms with van der Waals surface area (Å²) >= 11 is 0. The second-order valence-electron chi connectivity index (χ2n) is 3.74. The van der Waals surface area contributed by atoms with Crippen molar-refractivity contribution in [1.29, 1.82) is 0 Å². The van der Waals surface area contributed by atoms with Crippen LogP contribution >= 0.6 is 0 Å². The van der Waals surface area contributed by atoms with Crippen LogP contribution in [0.4, 0.5) is 0 Å².